The number of aliphatic hydroxyl groups excluding tert-OH is 2. The second kappa shape index (κ2) is 15.5. The monoisotopic (exact) mass is 798 g/mol. The third-order valence-electron chi connectivity index (χ3n) is 14.3. The largest absolute Gasteiger partial charge is 1.00 e. The van der Waals surface area contributed by atoms with Crippen molar-refractivity contribution in [3.05, 3.63) is 24.3 Å². The number of carbonyl (C=O) groups excluding carboxylic acids is 2. The Hall–Kier alpha value is -0.915. The second-order valence-electron chi connectivity index (χ2n) is 18.6. The Morgan fingerprint density at radius 2 is 1.04 bits per heavy atom. The van der Waals surface area contributed by atoms with Crippen molar-refractivity contribution in [3.8, 4) is 0 Å². The van der Waals surface area contributed by atoms with Gasteiger partial charge in [-0.1, -0.05) is 65.8 Å². The van der Waals surface area contributed by atoms with Crippen molar-refractivity contribution >= 4 is 18.9 Å². The normalized spacial score (nSPS) is 52.3. The van der Waals surface area contributed by atoms with Gasteiger partial charge in [-0.3, -0.25) is 0 Å². The average molecular weight is 799 g/mol. The van der Waals surface area contributed by atoms with Gasteiger partial charge in [0, 0.05) is 35.5 Å². The van der Waals surface area contributed by atoms with E-state index in [0.717, 1.165) is 0 Å². The van der Waals surface area contributed by atoms with Crippen LogP contribution in [0.5, 0.6) is 0 Å². The van der Waals surface area contributed by atoms with Crippen LogP contribution < -0.4 is 29.6 Å². The molecule has 2 unspecified atom stereocenters. The number of fused-ring (bicyclic) bond motifs is 8. The first-order valence-electron chi connectivity index (χ1n) is 20.5. The summed E-state index contributed by atoms with van der Waals surface area (Å²) in [6.07, 6.45) is 2.49. The number of carbonyl (C=O) groups is 2. The van der Waals surface area contributed by atoms with Crippen LogP contribution in [0.15, 0.2) is 24.3 Å². The van der Waals surface area contributed by atoms with E-state index in [1.807, 2.05) is 79.7 Å². The molecular weight excluding hydrogens is 738 g/mol. The molecule has 14 nitrogen and oxygen atoms in total. The zero-order chi connectivity index (χ0) is 39.3. The van der Waals surface area contributed by atoms with Crippen molar-refractivity contribution in [1.82, 2.24) is 0 Å². The van der Waals surface area contributed by atoms with Crippen LogP contribution in [0.4, 0.5) is 0 Å². The van der Waals surface area contributed by atoms with Crippen molar-refractivity contribution in [3.63, 3.8) is 0 Å². The van der Waals surface area contributed by atoms with Crippen LogP contribution in [-0.4, -0.2) is 114 Å². The van der Waals surface area contributed by atoms with Crippen molar-refractivity contribution < 1.29 is 96.4 Å². The second-order valence-corrected chi connectivity index (χ2v) is 18.6. The standard InChI is InChI=1S/C40H60BO14.Na/c1-21-15-17-31-37(5,6)29(42)13-9-11-26-20-28(24(4)47-26)49-36(45)34-40-22(2)16-18-32(51-40)38(7,8)30(43)14-10-12-25-19-27(23(3)46-25)48-35(44)33-39(21,50-31)54-41(52-33,53-34)55-40;/h9-12,21-34,42-43H,13-20H2,1-8H3;/q-1;+1/b11-9+,12-10+;/t21-,22-,23-,24?,25-,26-,27+,28+,29-,30-,31+,32+,33+,34+,39+,40+,41?;/m1./s1. The molecule has 8 heterocycles. The van der Waals surface area contributed by atoms with Crippen molar-refractivity contribution in [1.29, 1.82) is 0 Å². The number of hydrogen-bond donors (Lipinski definition) is 2. The van der Waals surface area contributed by atoms with E-state index in [0.29, 0.717) is 51.4 Å². The molecule has 0 aromatic carbocycles. The molecule has 2 N–H and O–H groups in total. The fraction of sp³-hybridized carbons (Fsp3) is 0.850. The van der Waals surface area contributed by atoms with Gasteiger partial charge in [-0.2, -0.15) is 0 Å². The van der Waals surface area contributed by atoms with Gasteiger partial charge in [-0.05, 0) is 52.4 Å². The summed E-state index contributed by atoms with van der Waals surface area (Å²) in [6, 6.07) is 0. The van der Waals surface area contributed by atoms with E-state index in [9.17, 15) is 19.8 Å². The minimum atomic E-state index is -3.42. The van der Waals surface area contributed by atoms with E-state index in [1.165, 1.54) is 0 Å². The summed E-state index contributed by atoms with van der Waals surface area (Å²) in [5.74, 6) is -6.02. The van der Waals surface area contributed by atoms with Crippen LogP contribution >= 0.6 is 0 Å². The number of rotatable bonds is 0. The first-order valence-corrected chi connectivity index (χ1v) is 20.5. The quantitative estimate of drug-likeness (QED) is 0.204. The summed E-state index contributed by atoms with van der Waals surface area (Å²) in [7, 11) is 0. The van der Waals surface area contributed by atoms with Gasteiger partial charge in [0.25, 0.3) is 0 Å². The van der Waals surface area contributed by atoms with Gasteiger partial charge in [0.15, 0.2) is 23.8 Å². The first-order chi connectivity index (χ1) is 25.9. The third kappa shape index (κ3) is 7.23. The number of esters is 2. The van der Waals surface area contributed by atoms with E-state index in [2.05, 4.69) is 0 Å². The zero-order valence-corrected chi connectivity index (χ0v) is 36.4. The molecule has 6 saturated heterocycles. The summed E-state index contributed by atoms with van der Waals surface area (Å²) >= 11 is 0. The molecule has 0 aromatic heterocycles. The Bertz CT molecular complexity index is 1450. The Kier molecular flexibility index (Phi) is 12.0. The maximum Gasteiger partial charge on any atom is 1.00 e. The Morgan fingerprint density at radius 1 is 0.643 bits per heavy atom. The van der Waals surface area contributed by atoms with Crippen LogP contribution in [-0.2, 0) is 56.6 Å². The molecule has 8 aliphatic heterocycles. The molecular formula is C40H60BNaO14. The smallest absolute Gasteiger partial charge is 0.504 e. The van der Waals surface area contributed by atoms with Crippen LogP contribution in [0.1, 0.15) is 107 Å². The van der Waals surface area contributed by atoms with Crippen molar-refractivity contribution in [2.45, 2.75) is 192 Å². The molecule has 308 valence electrons. The number of ether oxygens (including phenoxy) is 6. The maximum absolute atomic E-state index is 14.6. The van der Waals surface area contributed by atoms with Gasteiger partial charge < -0.3 is 57.3 Å². The molecule has 56 heavy (non-hydrogen) atoms. The molecule has 0 saturated carbocycles. The minimum Gasteiger partial charge on any atom is -0.504 e. The van der Waals surface area contributed by atoms with Gasteiger partial charge in [-0.15, -0.1) is 0 Å². The van der Waals surface area contributed by atoms with E-state index >= 15 is 0 Å². The molecule has 8 aliphatic rings. The Labute approximate surface area is 352 Å². The van der Waals surface area contributed by atoms with Crippen molar-refractivity contribution in [2.24, 2.45) is 22.7 Å². The summed E-state index contributed by atoms with van der Waals surface area (Å²) < 4.78 is 65.8. The van der Waals surface area contributed by atoms with Gasteiger partial charge in [0.2, 0.25) is 0 Å². The summed E-state index contributed by atoms with van der Waals surface area (Å²) in [5, 5.41) is 23.3. The zero-order valence-electron chi connectivity index (χ0n) is 34.4. The van der Waals surface area contributed by atoms with E-state index in [1.54, 1.807) is 0 Å². The van der Waals surface area contributed by atoms with Crippen LogP contribution in [0, 0.1) is 22.7 Å². The molecule has 11 bridgehead atoms. The summed E-state index contributed by atoms with van der Waals surface area (Å²) in [6.45, 7) is 11.8. The van der Waals surface area contributed by atoms with Crippen LogP contribution in [0.3, 0.4) is 0 Å². The van der Waals surface area contributed by atoms with Crippen LogP contribution in [0.2, 0.25) is 0 Å². The van der Waals surface area contributed by atoms with Gasteiger partial charge in [0.05, 0.1) is 48.8 Å². The van der Waals surface area contributed by atoms with Gasteiger partial charge in [-0.25, -0.2) is 9.59 Å². The molecule has 3 spiro atoms. The number of aliphatic hydroxyl groups is 2. The average Bonchev–Trinajstić information content (AvgIpc) is 3.84. The predicted molar refractivity (Wildman–Crippen MR) is 194 cm³/mol. The van der Waals surface area contributed by atoms with Crippen molar-refractivity contribution in [2.75, 3.05) is 0 Å². The fourth-order valence-corrected chi connectivity index (χ4v) is 10.1. The Balaban J connectivity index is 0.00000480. The molecule has 16 heteroatoms. The maximum atomic E-state index is 14.6. The topological polar surface area (TPSA) is 167 Å². The van der Waals surface area contributed by atoms with Gasteiger partial charge >= 0.3 is 48.5 Å². The molecule has 0 aromatic rings. The summed E-state index contributed by atoms with van der Waals surface area (Å²) in [4.78, 5) is 29.2. The molecule has 0 aliphatic carbocycles. The van der Waals surface area contributed by atoms with E-state index in [-0.39, 0.29) is 41.8 Å². The fourth-order valence-electron chi connectivity index (χ4n) is 10.1. The molecule has 17 atom stereocenters. The van der Waals surface area contributed by atoms with E-state index in [4.69, 9.17) is 47.0 Å². The molecule has 6 fully saturated rings. The Morgan fingerprint density at radius 3 is 1.43 bits per heavy atom. The van der Waals surface area contributed by atoms with E-state index < -0.39 is 114 Å². The minimum absolute atomic E-state index is 0. The van der Waals surface area contributed by atoms with Crippen LogP contribution in [0.25, 0.3) is 0 Å². The van der Waals surface area contributed by atoms with Gasteiger partial charge in [0.1, 0.15) is 12.2 Å². The molecule has 8 rings (SSSR count). The molecule has 0 radical (unpaired) electrons. The molecule has 0 amide bonds. The third-order valence-corrected chi connectivity index (χ3v) is 14.3. The SMILES string of the molecule is CC1O[C@@H]2/C=C/C[C@@H](O)C(C)(C)[C@@H]3CC[C@@H](C)[C@]4(O3)O[B-]35O[C@@H](C(=O)O[C@H]1C2)[C@@]1(O[C@@H](CC[C@H]1C)C(C)(C)[C@H](O)C/C=C/[C@@H]1C[C@H](OC(=O)[C@@H]4O3)[C@@H](C)O1)O5.[Na+]. The predicted octanol–water partition coefficient (Wildman–Crippen LogP) is 1.15. The summed E-state index contributed by atoms with van der Waals surface area (Å²) in [5.41, 5.74) is -1.64. The first kappa shape index (κ1) is 43.2. The number of hydrogen-bond acceptors (Lipinski definition) is 14.